The molecule has 0 radical (unpaired) electrons. The molecule has 1 aliphatic heterocycles. The highest BCUT2D eigenvalue weighted by atomic mass is 32.1. The van der Waals surface area contributed by atoms with E-state index in [1.54, 1.807) is 10.7 Å². The van der Waals surface area contributed by atoms with Crippen molar-refractivity contribution in [2.24, 2.45) is 11.8 Å². The first kappa shape index (κ1) is 24.1. The SMILES string of the molecule is CC1CCC(C2=C(c3cc(-c4ccc(-c5cc6ncccn6n5)cc4)sc3C(=O)O)CCN(C)C2)CC1. The Balaban J connectivity index is 1.36. The van der Waals surface area contributed by atoms with Gasteiger partial charge in [-0.1, -0.05) is 44.0 Å². The molecule has 0 saturated heterocycles. The molecule has 0 amide bonds. The van der Waals surface area contributed by atoms with Crippen LogP contribution in [0.25, 0.3) is 32.9 Å². The third kappa shape index (κ3) is 4.74. The summed E-state index contributed by atoms with van der Waals surface area (Å²) < 4.78 is 1.77. The molecular formula is C30H32N4O2S. The quantitative estimate of drug-likeness (QED) is 0.321. The minimum atomic E-state index is -0.830. The van der Waals surface area contributed by atoms with Crippen LogP contribution < -0.4 is 0 Å². The van der Waals surface area contributed by atoms with Gasteiger partial charge >= 0.3 is 5.97 Å². The maximum Gasteiger partial charge on any atom is 0.346 e. The molecule has 2 aliphatic rings. The molecule has 1 aliphatic carbocycles. The molecule has 0 spiro atoms. The molecule has 190 valence electrons. The molecule has 7 heteroatoms. The molecule has 37 heavy (non-hydrogen) atoms. The van der Waals surface area contributed by atoms with Gasteiger partial charge in [-0.2, -0.15) is 5.10 Å². The van der Waals surface area contributed by atoms with Crippen LogP contribution in [-0.2, 0) is 0 Å². The van der Waals surface area contributed by atoms with Crippen LogP contribution in [0.1, 0.15) is 54.3 Å². The maximum absolute atomic E-state index is 12.4. The monoisotopic (exact) mass is 512 g/mol. The Kier molecular flexibility index (Phi) is 6.42. The highest BCUT2D eigenvalue weighted by Gasteiger charge is 2.30. The van der Waals surface area contributed by atoms with Crippen molar-refractivity contribution in [3.8, 4) is 21.7 Å². The first-order valence-electron chi connectivity index (χ1n) is 13.2. The number of rotatable bonds is 5. The number of likely N-dealkylation sites (N-methyl/N-ethyl adjacent to an activating group) is 1. The second-order valence-corrected chi connectivity index (χ2v) is 11.7. The van der Waals surface area contributed by atoms with Crippen molar-refractivity contribution in [3.63, 3.8) is 0 Å². The van der Waals surface area contributed by atoms with E-state index in [9.17, 15) is 9.90 Å². The fourth-order valence-electron chi connectivity index (χ4n) is 5.91. The van der Waals surface area contributed by atoms with Crippen molar-refractivity contribution < 1.29 is 9.90 Å². The van der Waals surface area contributed by atoms with Crippen LogP contribution in [0.2, 0.25) is 0 Å². The van der Waals surface area contributed by atoms with E-state index in [1.165, 1.54) is 48.2 Å². The predicted octanol–water partition coefficient (Wildman–Crippen LogP) is 6.74. The lowest BCUT2D eigenvalue weighted by Crippen LogP contribution is -2.31. The molecule has 1 saturated carbocycles. The number of benzene rings is 1. The smallest absolute Gasteiger partial charge is 0.346 e. The van der Waals surface area contributed by atoms with Crippen molar-refractivity contribution in [2.75, 3.05) is 20.1 Å². The number of hydrogen-bond donors (Lipinski definition) is 1. The van der Waals surface area contributed by atoms with E-state index >= 15 is 0 Å². The number of aromatic carboxylic acids is 1. The summed E-state index contributed by atoms with van der Waals surface area (Å²) in [5.41, 5.74) is 7.41. The van der Waals surface area contributed by atoms with Gasteiger partial charge in [-0.05, 0) is 67.0 Å². The third-order valence-electron chi connectivity index (χ3n) is 8.03. The average molecular weight is 513 g/mol. The molecular weight excluding hydrogens is 480 g/mol. The van der Waals surface area contributed by atoms with E-state index in [4.69, 9.17) is 0 Å². The molecule has 0 atom stereocenters. The average Bonchev–Trinajstić information content (AvgIpc) is 3.54. The van der Waals surface area contributed by atoms with Gasteiger partial charge in [0.1, 0.15) is 4.88 Å². The number of fused-ring (bicyclic) bond motifs is 1. The van der Waals surface area contributed by atoms with Crippen LogP contribution in [0, 0.1) is 11.8 Å². The van der Waals surface area contributed by atoms with Gasteiger partial charge in [0.2, 0.25) is 0 Å². The first-order chi connectivity index (χ1) is 18.0. The van der Waals surface area contributed by atoms with Crippen LogP contribution in [0.3, 0.4) is 0 Å². The van der Waals surface area contributed by atoms with E-state index in [0.29, 0.717) is 10.8 Å². The van der Waals surface area contributed by atoms with Crippen LogP contribution in [-0.4, -0.2) is 50.7 Å². The van der Waals surface area contributed by atoms with Crippen molar-refractivity contribution >= 4 is 28.5 Å². The summed E-state index contributed by atoms with van der Waals surface area (Å²) in [4.78, 5) is 20.6. The number of nitrogens with zero attached hydrogens (tertiary/aromatic N) is 4. The number of hydrogen-bond acceptors (Lipinski definition) is 5. The van der Waals surface area contributed by atoms with E-state index in [-0.39, 0.29) is 0 Å². The largest absolute Gasteiger partial charge is 0.477 e. The summed E-state index contributed by atoms with van der Waals surface area (Å²) >= 11 is 1.39. The van der Waals surface area contributed by atoms with Crippen molar-refractivity contribution in [2.45, 2.75) is 39.0 Å². The lowest BCUT2D eigenvalue weighted by Gasteiger charge is -2.35. The molecule has 4 aromatic rings. The molecule has 0 unspecified atom stereocenters. The van der Waals surface area contributed by atoms with Crippen LogP contribution in [0.15, 0.2) is 60.4 Å². The van der Waals surface area contributed by atoms with E-state index in [1.807, 2.05) is 18.3 Å². The topological polar surface area (TPSA) is 70.7 Å². The minimum Gasteiger partial charge on any atom is -0.477 e. The maximum atomic E-state index is 12.4. The van der Waals surface area contributed by atoms with Crippen LogP contribution in [0.5, 0.6) is 0 Å². The van der Waals surface area contributed by atoms with E-state index < -0.39 is 5.97 Å². The Hall–Kier alpha value is -3.29. The second kappa shape index (κ2) is 9.88. The van der Waals surface area contributed by atoms with E-state index in [0.717, 1.165) is 58.3 Å². The van der Waals surface area contributed by atoms with Gasteiger partial charge in [-0.15, -0.1) is 11.3 Å². The zero-order valence-corrected chi connectivity index (χ0v) is 22.2. The summed E-state index contributed by atoms with van der Waals surface area (Å²) in [6.45, 7) is 4.26. The molecule has 6 rings (SSSR count). The third-order valence-corrected chi connectivity index (χ3v) is 9.20. The number of thiophene rings is 1. The summed E-state index contributed by atoms with van der Waals surface area (Å²) in [5, 5.41) is 14.8. The van der Waals surface area contributed by atoms with Gasteiger partial charge < -0.3 is 10.0 Å². The predicted molar refractivity (Wildman–Crippen MR) is 149 cm³/mol. The lowest BCUT2D eigenvalue weighted by atomic mass is 9.75. The van der Waals surface area contributed by atoms with E-state index in [2.05, 4.69) is 59.3 Å². The summed E-state index contributed by atoms with van der Waals surface area (Å²) in [6, 6.07) is 14.2. The summed E-state index contributed by atoms with van der Waals surface area (Å²) in [6.07, 6.45) is 9.52. The zero-order chi connectivity index (χ0) is 25.5. The summed E-state index contributed by atoms with van der Waals surface area (Å²) in [7, 11) is 2.18. The molecule has 6 nitrogen and oxygen atoms in total. The van der Waals surface area contributed by atoms with Gasteiger partial charge in [0.25, 0.3) is 0 Å². The first-order valence-corrected chi connectivity index (χ1v) is 14.0. The number of carbonyl (C=O) groups is 1. The van der Waals surface area contributed by atoms with Gasteiger partial charge in [0, 0.05) is 47.6 Å². The number of carboxylic acids is 1. The lowest BCUT2D eigenvalue weighted by molar-refractivity contribution is 0.0702. The van der Waals surface area contributed by atoms with Crippen LogP contribution >= 0.6 is 11.3 Å². The Morgan fingerprint density at radius 2 is 1.84 bits per heavy atom. The summed E-state index contributed by atoms with van der Waals surface area (Å²) in [5.74, 6) is 0.532. The van der Waals surface area contributed by atoms with Crippen LogP contribution in [0.4, 0.5) is 0 Å². The zero-order valence-electron chi connectivity index (χ0n) is 21.4. The second-order valence-electron chi connectivity index (χ2n) is 10.6. The standard InChI is InChI=1S/C30H32N4O2S/c1-19-4-6-20(7-5-19)25-18-33(2)15-12-23(25)24-16-27(37-29(24)30(35)36)22-10-8-21(9-11-22)26-17-28-31-13-3-14-34(28)32-26/h3,8-11,13-14,16-17,19-20H,4-7,12,15,18H2,1-2H3,(H,35,36). The molecule has 1 aromatic carbocycles. The Morgan fingerprint density at radius 3 is 2.57 bits per heavy atom. The van der Waals surface area contributed by atoms with Gasteiger partial charge in [0.15, 0.2) is 5.65 Å². The van der Waals surface area contributed by atoms with Gasteiger partial charge in [-0.25, -0.2) is 14.3 Å². The van der Waals surface area contributed by atoms with Gasteiger partial charge in [0.05, 0.1) is 5.69 Å². The fourth-order valence-corrected chi connectivity index (χ4v) is 6.94. The Labute approximate surface area is 221 Å². The molecule has 1 fully saturated rings. The molecule has 0 bridgehead atoms. The normalized spacial score (nSPS) is 21.0. The molecule has 3 aromatic heterocycles. The highest BCUT2D eigenvalue weighted by Crippen LogP contribution is 2.43. The Bertz CT molecular complexity index is 1440. The fraction of sp³-hybridized carbons (Fsp3) is 0.367. The number of carboxylic acid groups (broad SMARTS) is 1. The highest BCUT2D eigenvalue weighted by molar-refractivity contribution is 7.17. The van der Waals surface area contributed by atoms with Crippen molar-refractivity contribution in [3.05, 3.63) is 70.9 Å². The van der Waals surface area contributed by atoms with Crippen molar-refractivity contribution in [1.82, 2.24) is 19.5 Å². The minimum absolute atomic E-state index is 0.465. The molecule has 1 N–H and O–H groups in total. The Morgan fingerprint density at radius 1 is 1.08 bits per heavy atom. The van der Waals surface area contributed by atoms with Gasteiger partial charge in [-0.3, -0.25) is 0 Å². The van der Waals surface area contributed by atoms with Crippen molar-refractivity contribution in [1.29, 1.82) is 0 Å². The number of aromatic nitrogens is 3. The molecule has 4 heterocycles.